The molecule has 0 bridgehead atoms. The van der Waals surface area contributed by atoms with E-state index in [1.165, 1.54) is 0 Å². The van der Waals surface area contributed by atoms with Gasteiger partial charge in [0, 0.05) is 25.0 Å². The number of carboxylic acid groups (broad SMARTS) is 1. The van der Waals surface area contributed by atoms with E-state index in [0.717, 1.165) is 41.3 Å². The number of piperidine rings is 1. The van der Waals surface area contributed by atoms with Crippen LogP contribution in [0.2, 0.25) is 0 Å². The number of benzene rings is 1. The lowest BCUT2D eigenvalue weighted by molar-refractivity contribution is -0.192. The molecule has 188 valence electrons. The van der Waals surface area contributed by atoms with Crippen LogP contribution in [0.3, 0.4) is 0 Å². The minimum atomic E-state index is -5.08. The van der Waals surface area contributed by atoms with Crippen LogP contribution in [0, 0.1) is 13.8 Å². The monoisotopic (exact) mass is 510 g/mol. The van der Waals surface area contributed by atoms with Crippen LogP contribution in [-0.4, -0.2) is 58.0 Å². The maximum atomic E-state index is 13.0. The van der Waals surface area contributed by atoms with Gasteiger partial charge >= 0.3 is 12.1 Å². The number of pyridine rings is 1. The van der Waals surface area contributed by atoms with Crippen molar-refractivity contribution in [1.82, 2.24) is 19.3 Å². The molecule has 3 aromatic rings. The molecule has 35 heavy (non-hydrogen) atoms. The third kappa shape index (κ3) is 6.45. The van der Waals surface area contributed by atoms with Gasteiger partial charge in [-0.15, -0.1) is 0 Å². The van der Waals surface area contributed by atoms with Crippen molar-refractivity contribution < 1.29 is 31.5 Å². The topological polar surface area (TPSA) is 116 Å². The molecule has 1 aromatic carbocycles. The van der Waals surface area contributed by atoms with Crippen molar-refractivity contribution in [2.24, 2.45) is 0 Å². The van der Waals surface area contributed by atoms with E-state index in [1.54, 1.807) is 34.8 Å². The number of sulfonamides is 1. The molecule has 1 fully saturated rings. The van der Waals surface area contributed by atoms with Gasteiger partial charge in [-0.2, -0.15) is 17.5 Å². The smallest absolute Gasteiger partial charge is 0.475 e. The van der Waals surface area contributed by atoms with Crippen LogP contribution in [0.25, 0.3) is 11.5 Å². The van der Waals surface area contributed by atoms with E-state index < -0.39 is 22.2 Å². The van der Waals surface area contributed by atoms with Gasteiger partial charge in [0.15, 0.2) is 5.82 Å². The summed E-state index contributed by atoms with van der Waals surface area (Å²) < 4.78 is 59.3. The molecule has 2 N–H and O–H groups in total. The molecule has 1 unspecified atom stereocenters. The van der Waals surface area contributed by atoms with Crippen LogP contribution in [0.5, 0.6) is 0 Å². The summed E-state index contributed by atoms with van der Waals surface area (Å²) in [5.74, 6) is -1.86. The van der Waals surface area contributed by atoms with E-state index in [0.29, 0.717) is 18.0 Å². The molecule has 12 heteroatoms. The Morgan fingerprint density at radius 3 is 2.40 bits per heavy atom. The van der Waals surface area contributed by atoms with E-state index in [2.05, 4.69) is 15.0 Å². The van der Waals surface area contributed by atoms with Crippen LogP contribution in [0.15, 0.2) is 53.6 Å². The van der Waals surface area contributed by atoms with Gasteiger partial charge in [0.1, 0.15) is 5.69 Å². The van der Waals surface area contributed by atoms with Gasteiger partial charge in [0.2, 0.25) is 10.0 Å². The quantitative estimate of drug-likeness (QED) is 0.541. The molecule has 2 aromatic heterocycles. The molecule has 0 spiro atoms. The number of halogens is 3. The molecule has 1 saturated heterocycles. The molecule has 1 aliphatic rings. The predicted molar refractivity (Wildman–Crippen MR) is 122 cm³/mol. The summed E-state index contributed by atoms with van der Waals surface area (Å²) in [6.07, 6.45) is -1.50. The number of nitrogens with zero attached hydrogens (tertiary/aromatic N) is 3. The zero-order valence-corrected chi connectivity index (χ0v) is 19.9. The number of hydrogen-bond donors (Lipinski definition) is 2. The number of rotatable bonds is 4. The summed E-state index contributed by atoms with van der Waals surface area (Å²) in [6, 6.07) is 12.7. The first kappa shape index (κ1) is 26.4. The zero-order chi connectivity index (χ0) is 25.8. The van der Waals surface area contributed by atoms with Crippen LogP contribution < -0.4 is 0 Å². The minimum absolute atomic E-state index is 0.145. The van der Waals surface area contributed by atoms with Crippen LogP contribution in [0.1, 0.15) is 35.7 Å². The van der Waals surface area contributed by atoms with Crippen molar-refractivity contribution in [1.29, 1.82) is 0 Å². The number of carboxylic acids is 1. The molecule has 0 amide bonds. The second kappa shape index (κ2) is 10.6. The Morgan fingerprint density at radius 2 is 1.83 bits per heavy atom. The molecule has 3 heterocycles. The molecule has 1 aliphatic heterocycles. The third-order valence-electron chi connectivity index (χ3n) is 5.63. The number of alkyl halides is 3. The number of aliphatic carboxylic acids is 1. The van der Waals surface area contributed by atoms with Gasteiger partial charge in [-0.1, -0.05) is 18.2 Å². The van der Waals surface area contributed by atoms with Gasteiger partial charge in [-0.25, -0.2) is 18.2 Å². The SMILES string of the molecule is Cc1nc(-c2cc(C3CCCN(S(=O)(=O)c4ccccc4)C3)ccn2)[nH]c1C.O=C(O)C(F)(F)F. The highest BCUT2D eigenvalue weighted by atomic mass is 32.2. The number of carbonyl (C=O) groups is 1. The molecular weight excluding hydrogens is 485 g/mol. The highest BCUT2D eigenvalue weighted by molar-refractivity contribution is 7.89. The number of imidazole rings is 1. The van der Waals surface area contributed by atoms with Gasteiger partial charge in [-0.05, 0) is 62.4 Å². The molecule has 0 radical (unpaired) electrons. The Hall–Kier alpha value is -3.25. The Bertz CT molecular complexity index is 1260. The Labute approximate surface area is 200 Å². The third-order valence-corrected chi connectivity index (χ3v) is 7.51. The van der Waals surface area contributed by atoms with Gasteiger partial charge < -0.3 is 10.1 Å². The van der Waals surface area contributed by atoms with E-state index >= 15 is 0 Å². The number of aromatic amines is 1. The summed E-state index contributed by atoms with van der Waals surface area (Å²) in [5, 5.41) is 7.12. The first-order chi connectivity index (χ1) is 16.4. The van der Waals surface area contributed by atoms with Crippen molar-refractivity contribution >= 4 is 16.0 Å². The molecular formula is C23H25F3N4O4S. The second-order valence-corrected chi connectivity index (χ2v) is 10.0. The number of H-pyrrole nitrogens is 1. The first-order valence-electron chi connectivity index (χ1n) is 10.7. The molecule has 0 aliphatic carbocycles. The summed E-state index contributed by atoms with van der Waals surface area (Å²) in [7, 11) is -3.47. The maximum Gasteiger partial charge on any atom is 0.490 e. The molecule has 4 rings (SSSR count). The van der Waals surface area contributed by atoms with Gasteiger partial charge in [0.05, 0.1) is 10.6 Å². The fraction of sp³-hybridized carbons (Fsp3) is 0.348. The minimum Gasteiger partial charge on any atom is -0.475 e. The molecule has 1 atom stereocenters. The summed E-state index contributed by atoms with van der Waals surface area (Å²) in [4.78, 5) is 21.5. The lowest BCUT2D eigenvalue weighted by Gasteiger charge is -2.32. The van der Waals surface area contributed by atoms with E-state index in [-0.39, 0.29) is 5.92 Å². The lowest BCUT2D eigenvalue weighted by atomic mass is 9.92. The largest absolute Gasteiger partial charge is 0.490 e. The standard InChI is InChI=1S/C21H24N4O2S.C2HF3O2/c1-15-16(2)24-21(23-15)20-13-17(10-11-22-20)18-7-6-12-25(14-18)28(26,27)19-8-4-3-5-9-19;3-2(4,5)1(6)7/h3-5,8-11,13,18H,6-7,12,14H2,1-2H3,(H,23,24);(H,6,7). The van der Waals surface area contributed by atoms with Crippen LogP contribution in [-0.2, 0) is 14.8 Å². The zero-order valence-electron chi connectivity index (χ0n) is 19.1. The first-order valence-corrected chi connectivity index (χ1v) is 12.2. The summed E-state index contributed by atoms with van der Waals surface area (Å²) >= 11 is 0. The highest BCUT2D eigenvalue weighted by Crippen LogP contribution is 2.31. The van der Waals surface area contributed by atoms with Gasteiger partial charge in [0.25, 0.3) is 0 Å². The second-order valence-electron chi connectivity index (χ2n) is 8.09. The van der Waals surface area contributed by atoms with E-state index in [1.807, 2.05) is 32.0 Å². The average Bonchev–Trinajstić information content (AvgIpc) is 3.18. The van der Waals surface area contributed by atoms with E-state index in [4.69, 9.17) is 9.90 Å². The van der Waals surface area contributed by atoms with Crippen LogP contribution in [0.4, 0.5) is 13.2 Å². The van der Waals surface area contributed by atoms with E-state index in [9.17, 15) is 21.6 Å². The average molecular weight is 511 g/mol. The number of aromatic nitrogens is 3. The van der Waals surface area contributed by atoms with Crippen molar-refractivity contribution in [2.75, 3.05) is 13.1 Å². The van der Waals surface area contributed by atoms with Crippen molar-refractivity contribution in [2.45, 2.75) is 43.7 Å². The maximum absolute atomic E-state index is 13.0. The summed E-state index contributed by atoms with van der Waals surface area (Å²) in [5.41, 5.74) is 3.88. The normalized spacial score (nSPS) is 16.9. The Morgan fingerprint density at radius 1 is 1.17 bits per heavy atom. The van der Waals surface area contributed by atoms with Crippen molar-refractivity contribution in [3.63, 3.8) is 0 Å². The van der Waals surface area contributed by atoms with Crippen molar-refractivity contribution in [3.8, 4) is 11.5 Å². The molecule has 0 saturated carbocycles. The lowest BCUT2D eigenvalue weighted by Crippen LogP contribution is -2.39. The Kier molecular flexibility index (Phi) is 7.96. The number of nitrogens with one attached hydrogen (secondary N) is 1. The number of hydrogen-bond acceptors (Lipinski definition) is 5. The Balaban J connectivity index is 0.000000429. The van der Waals surface area contributed by atoms with Gasteiger partial charge in [-0.3, -0.25) is 4.98 Å². The fourth-order valence-electron chi connectivity index (χ4n) is 3.67. The van der Waals surface area contributed by atoms with Crippen molar-refractivity contribution in [3.05, 3.63) is 65.6 Å². The van der Waals surface area contributed by atoms with Crippen LogP contribution >= 0.6 is 0 Å². The summed E-state index contributed by atoms with van der Waals surface area (Å²) in [6.45, 7) is 4.99. The predicted octanol–water partition coefficient (Wildman–Crippen LogP) is 4.29. The highest BCUT2D eigenvalue weighted by Gasteiger charge is 2.38. The fourth-order valence-corrected chi connectivity index (χ4v) is 5.22. The number of aryl methyl sites for hydroxylation is 2. The molecule has 8 nitrogen and oxygen atoms in total.